The Labute approximate surface area is 187 Å². The highest BCUT2D eigenvalue weighted by Gasteiger charge is 2.34. The summed E-state index contributed by atoms with van der Waals surface area (Å²) < 4.78 is 37.6. The highest BCUT2D eigenvalue weighted by molar-refractivity contribution is 7.14. The molecule has 0 bridgehead atoms. The average Bonchev–Trinajstić information content (AvgIpc) is 3.24. The van der Waals surface area contributed by atoms with Crippen LogP contribution in [0.2, 0.25) is 0 Å². The molecule has 32 heavy (non-hydrogen) atoms. The van der Waals surface area contributed by atoms with E-state index in [1.165, 1.54) is 11.3 Å². The number of hydrogen-bond acceptors (Lipinski definition) is 6. The van der Waals surface area contributed by atoms with Gasteiger partial charge in [-0.05, 0) is 43.5 Å². The van der Waals surface area contributed by atoms with E-state index in [9.17, 15) is 22.8 Å². The lowest BCUT2D eigenvalue weighted by Gasteiger charge is -2.39. The van der Waals surface area contributed by atoms with Gasteiger partial charge >= 0.3 is 6.18 Å². The summed E-state index contributed by atoms with van der Waals surface area (Å²) in [5.41, 5.74) is 0. The fraction of sp³-hybridized carbons (Fsp3) is 0.524. The number of thiophene rings is 1. The van der Waals surface area contributed by atoms with Crippen molar-refractivity contribution < 1.29 is 22.8 Å². The second-order valence-corrected chi connectivity index (χ2v) is 9.19. The van der Waals surface area contributed by atoms with Crippen LogP contribution in [0.25, 0.3) is 0 Å². The summed E-state index contributed by atoms with van der Waals surface area (Å²) in [7, 11) is 0. The molecule has 2 fully saturated rings. The number of anilines is 1. The minimum atomic E-state index is -4.35. The third-order valence-electron chi connectivity index (χ3n) is 5.72. The van der Waals surface area contributed by atoms with Crippen molar-refractivity contribution in [1.29, 1.82) is 0 Å². The van der Waals surface area contributed by atoms with Crippen molar-refractivity contribution in [3.8, 4) is 0 Å². The molecular formula is C21H24F3N5O2S. The molecular weight excluding hydrogens is 443 g/mol. The molecule has 2 aliphatic heterocycles. The second kappa shape index (κ2) is 9.43. The lowest BCUT2D eigenvalue weighted by molar-refractivity contribution is -0.151. The Kier molecular flexibility index (Phi) is 6.63. The van der Waals surface area contributed by atoms with E-state index >= 15 is 0 Å². The molecule has 0 saturated carbocycles. The number of hydrogen-bond donors (Lipinski definition) is 1. The van der Waals surface area contributed by atoms with Crippen LogP contribution in [0.1, 0.15) is 52.7 Å². The summed E-state index contributed by atoms with van der Waals surface area (Å²) in [6.45, 7) is 1.74. The first-order chi connectivity index (χ1) is 15.3. The van der Waals surface area contributed by atoms with Gasteiger partial charge in [0.05, 0.1) is 23.4 Å². The average molecular weight is 468 g/mol. The largest absolute Gasteiger partial charge is 0.389 e. The molecule has 0 aliphatic carbocycles. The summed E-state index contributed by atoms with van der Waals surface area (Å²) in [6.07, 6.45) is -2.03. The fourth-order valence-electron chi connectivity index (χ4n) is 4.05. The highest BCUT2D eigenvalue weighted by atomic mass is 32.1. The molecule has 2 saturated heterocycles. The van der Waals surface area contributed by atoms with Crippen LogP contribution >= 0.6 is 11.3 Å². The van der Waals surface area contributed by atoms with E-state index in [2.05, 4.69) is 15.5 Å². The first-order valence-corrected chi connectivity index (χ1v) is 11.4. The molecule has 172 valence electrons. The molecule has 2 aromatic heterocycles. The van der Waals surface area contributed by atoms with E-state index in [-0.39, 0.29) is 18.0 Å². The van der Waals surface area contributed by atoms with Crippen LogP contribution in [0.4, 0.5) is 19.0 Å². The normalized spacial score (nSPS) is 19.5. The third-order valence-corrected chi connectivity index (χ3v) is 6.91. The third kappa shape index (κ3) is 5.37. The van der Waals surface area contributed by atoms with Crippen LogP contribution in [0.5, 0.6) is 0 Å². The number of likely N-dealkylation sites (tertiary alicyclic amines) is 1. The number of nitrogens with zero attached hydrogens (tertiary/aromatic N) is 4. The Morgan fingerprint density at radius 3 is 2.72 bits per heavy atom. The topological polar surface area (TPSA) is 78.4 Å². The Hall–Kier alpha value is -2.69. The van der Waals surface area contributed by atoms with E-state index in [1.54, 1.807) is 17.2 Å². The van der Waals surface area contributed by atoms with Gasteiger partial charge in [0.25, 0.3) is 5.91 Å². The minimum absolute atomic E-state index is 0.00480. The molecule has 0 aromatic carbocycles. The Balaban J connectivity index is 1.33. The smallest absolute Gasteiger partial charge is 0.351 e. The summed E-state index contributed by atoms with van der Waals surface area (Å²) in [5, 5.41) is 10.9. The monoisotopic (exact) mass is 467 g/mol. The van der Waals surface area contributed by atoms with Gasteiger partial charge in [0, 0.05) is 37.1 Å². The molecule has 2 aliphatic rings. The summed E-state index contributed by atoms with van der Waals surface area (Å²) >= 11 is 1.30. The zero-order valence-electron chi connectivity index (χ0n) is 17.3. The molecule has 4 heterocycles. The van der Waals surface area contributed by atoms with Crippen LogP contribution in [0, 0.1) is 0 Å². The number of halogens is 3. The van der Waals surface area contributed by atoms with Gasteiger partial charge in [-0.2, -0.15) is 18.3 Å². The number of amides is 2. The van der Waals surface area contributed by atoms with E-state index in [0.717, 1.165) is 23.5 Å². The Bertz CT molecular complexity index is 946. The first kappa shape index (κ1) is 22.5. The molecule has 0 radical (unpaired) electrons. The van der Waals surface area contributed by atoms with Crippen LogP contribution in [0.15, 0.2) is 30.5 Å². The van der Waals surface area contributed by atoms with Gasteiger partial charge in [-0.25, -0.2) is 0 Å². The number of piperidine rings is 1. The van der Waals surface area contributed by atoms with Gasteiger partial charge in [0.2, 0.25) is 5.91 Å². The SMILES string of the molecule is O=C(NC1CN(c2cccnn2)C1)c1ccc(C2CCCCN2C(=O)CCC(F)(F)F)s1. The predicted octanol–water partition coefficient (Wildman–Crippen LogP) is 3.55. The maximum absolute atomic E-state index is 12.7. The first-order valence-electron chi connectivity index (χ1n) is 10.6. The Morgan fingerprint density at radius 1 is 1.19 bits per heavy atom. The van der Waals surface area contributed by atoms with Crippen LogP contribution in [-0.2, 0) is 4.79 Å². The highest BCUT2D eigenvalue weighted by Crippen LogP contribution is 2.36. The van der Waals surface area contributed by atoms with Crippen molar-refractivity contribution >= 4 is 29.0 Å². The molecule has 11 heteroatoms. The fourth-order valence-corrected chi connectivity index (χ4v) is 5.11. The van der Waals surface area contributed by atoms with Crippen molar-refractivity contribution in [3.05, 3.63) is 40.2 Å². The molecule has 1 atom stereocenters. The standard InChI is InChI=1S/C21H24F3N5O2S/c22-21(23,24)9-8-19(30)29-11-2-1-4-15(29)16-6-7-17(32-16)20(31)26-14-12-28(13-14)18-5-3-10-25-27-18/h3,5-7,10,14-15H,1-2,4,8-9,11-13H2,(H,26,31). The van der Waals surface area contributed by atoms with Gasteiger partial charge < -0.3 is 15.1 Å². The lowest BCUT2D eigenvalue weighted by atomic mass is 10.00. The molecule has 1 unspecified atom stereocenters. The van der Waals surface area contributed by atoms with Gasteiger partial charge in [-0.15, -0.1) is 16.4 Å². The molecule has 7 nitrogen and oxygen atoms in total. The predicted molar refractivity (Wildman–Crippen MR) is 113 cm³/mol. The van der Waals surface area contributed by atoms with Crippen molar-refractivity contribution in [2.24, 2.45) is 0 Å². The maximum atomic E-state index is 12.7. The minimum Gasteiger partial charge on any atom is -0.351 e. The van der Waals surface area contributed by atoms with Gasteiger partial charge in [0.1, 0.15) is 0 Å². The van der Waals surface area contributed by atoms with Gasteiger partial charge in [-0.3, -0.25) is 9.59 Å². The number of nitrogens with one attached hydrogen (secondary N) is 1. The quantitative estimate of drug-likeness (QED) is 0.703. The maximum Gasteiger partial charge on any atom is 0.389 e. The Morgan fingerprint density at radius 2 is 2.00 bits per heavy atom. The molecule has 4 rings (SSSR count). The van der Waals surface area contributed by atoms with Crippen molar-refractivity contribution in [2.75, 3.05) is 24.5 Å². The second-order valence-electron chi connectivity index (χ2n) is 8.07. The summed E-state index contributed by atoms with van der Waals surface area (Å²) in [5.74, 6) is 0.102. The molecule has 0 spiro atoms. The molecule has 1 N–H and O–H groups in total. The van der Waals surface area contributed by atoms with E-state index in [1.807, 2.05) is 23.1 Å². The van der Waals surface area contributed by atoms with Gasteiger partial charge in [0.15, 0.2) is 5.82 Å². The van der Waals surface area contributed by atoms with Crippen LogP contribution in [-0.4, -0.2) is 58.8 Å². The summed E-state index contributed by atoms with van der Waals surface area (Å²) in [4.78, 5) is 30.0. The van der Waals surface area contributed by atoms with E-state index in [0.29, 0.717) is 30.9 Å². The van der Waals surface area contributed by atoms with Gasteiger partial charge in [-0.1, -0.05) is 0 Å². The zero-order valence-corrected chi connectivity index (χ0v) is 18.2. The number of rotatable bonds is 6. The van der Waals surface area contributed by atoms with Crippen molar-refractivity contribution in [3.63, 3.8) is 0 Å². The van der Waals surface area contributed by atoms with Crippen molar-refractivity contribution in [2.45, 2.75) is 50.4 Å². The number of alkyl halides is 3. The zero-order chi connectivity index (χ0) is 22.7. The number of carbonyl (C=O) groups excluding carboxylic acids is 2. The lowest BCUT2D eigenvalue weighted by Crippen LogP contribution is -2.59. The van der Waals surface area contributed by atoms with E-state index < -0.39 is 24.9 Å². The van der Waals surface area contributed by atoms with Crippen LogP contribution < -0.4 is 10.2 Å². The summed E-state index contributed by atoms with van der Waals surface area (Å²) in [6, 6.07) is 6.94. The number of aromatic nitrogens is 2. The van der Waals surface area contributed by atoms with Crippen molar-refractivity contribution in [1.82, 2.24) is 20.4 Å². The molecule has 2 amide bonds. The molecule has 2 aromatic rings. The van der Waals surface area contributed by atoms with Crippen LogP contribution in [0.3, 0.4) is 0 Å². The number of carbonyl (C=O) groups is 2. The van der Waals surface area contributed by atoms with E-state index in [4.69, 9.17) is 0 Å².